The Bertz CT molecular complexity index is 456. The van der Waals surface area contributed by atoms with Crippen LogP contribution in [-0.4, -0.2) is 10.1 Å². The van der Waals surface area contributed by atoms with Crippen molar-refractivity contribution in [2.75, 3.05) is 0 Å². The van der Waals surface area contributed by atoms with Crippen molar-refractivity contribution in [1.29, 1.82) is 0 Å². The predicted molar refractivity (Wildman–Crippen MR) is 55.6 cm³/mol. The van der Waals surface area contributed by atoms with Crippen LogP contribution in [-0.2, 0) is 6.61 Å². The Morgan fingerprint density at radius 2 is 1.80 bits per heavy atom. The summed E-state index contributed by atoms with van der Waals surface area (Å²) in [5, 5.41) is 8.83. The molecule has 0 bridgehead atoms. The molecule has 2 rings (SSSR count). The molecule has 2 nitrogen and oxygen atoms in total. The summed E-state index contributed by atoms with van der Waals surface area (Å²) >= 11 is 0. The molecule has 0 spiro atoms. The molecule has 0 saturated carbocycles. The summed E-state index contributed by atoms with van der Waals surface area (Å²) in [4.78, 5) is 3.89. The van der Waals surface area contributed by atoms with Gasteiger partial charge in [0, 0.05) is 18.0 Å². The molecule has 0 aliphatic rings. The zero-order valence-corrected chi connectivity index (χ0v) is 8.02. The molecule has 0 fully saturated rings. The maximum absolute atomic E-state index is 13.4. The Morgan fingerprint density at radius 3 is 2.40 bits per heavy atom. The van der Waals surface area contributed by atoms with Crippen LogP contribution in [0.5, 0.6) is 0 Å². The minimum absolute atomic E-state index is 0.275. The number of nitrogens with zero attached hydrogens (tertiary/aromatic N) is 1. The van der Waals surface area contributed by atoms with Crippen molar-refractivity contribution < 1.29 is 9.50 Å². The van der Waals surface area contributed by atoms with Gasteiger partial charge in [-0.3, -0.25) is 4.98 Å². The summed E-state index contributed by atoms with van der Waals surface area (Å²) in [5.74, 6) is -0.383. The molecule has 0 atom stereocenters. The van der Waals surface area contributed by atoms with Gasteiger partial charge in [-0.05, 0) is 29.3 Å². The molecule has 1 N–H and O–H groups in total. The Balaban J connectivity index is 2.43. The van der Waals surface area contributed by atoms with Gasteiger partial charge in [-0.2, -0.15) is 0 Å². The van der Waals surface area contributed by atoms with Gasteiger partial charge in [-0.25, -0.2) is 4.39 Å². The summed E-state index contributed by atoms with van der Waals surface area (Å²) in [5.41, 5.74) is 2.01. The van der Waals surface area contributed by atoms with Crippen molar-refractivity contribution >= 4 is 0 Å². The van der Waals surface area contributed by atoms with E-state index in [2.05, 4.69) is 4.98 Å². The minimum atomic E-state index is -0.383. The third kappa shape index (κ3) is 2.02. The van der Waals surface area contributed by atoms with Crippen molar-refractivity contribution in [1.82, 2.24) is 4.98 Å². The highest BCUT2D eigenvalue weighted by atomic mass is 19.1. The van der Waals surface area contributed by atoms with E-state index < -0.39 is 0 Å². The van der Waals surface area contributed by atoms with E-state index in [-0.39, 0.29) is 12.4 Å². The van der Waals surface area contributed by atoms with Gasteiger partial charge in [0.05, 0.1) is 6.61 Å². The van der Waals surface area contributed by atoms with Gasteiger partial charge in [0.1, 0.15) is 5.82 Å². The van der Waals surface area contributed by atoms with E-state index in [1.807, 2.05) is 12.1 Å². The average Bonchev–Trinajstić information content (AvgIpc) is 2.30. The quantitative estimate of drug-likeness (QED) is 0.812. The Labute approximate surface area is 87.0 Å². The summed E-state index contributed by atoms with van der Waals surface area (Å²) in [6, 6.07) is 8.41. The van der Waals surface area contributed by atoms with Crippen molar-refractivity contribution in [2.45, 2.75) is 6.61 Å². The van der Waals surface area contributed by atoms with Crippen LogP contribution in [0.4, 0.5) is 4.39 Å². The fraction of sp³-hybridized carbons (Fsp3) is 0.0833. The van der Waals surface area contributed by atoms with Crippen LogP contribution in [0.2, 0.25) is 0 Å². The second-order valence-electron chi connectivity index (χ2n) is 3.20. The number of aliphatic hydroxyl groups is 1. The number of benzene rings is 1. The molecule has 0 aliphatic carbocycles. The molecule has 0 saturated heterocycles. The lowest BCUT2D eigenvalue weighted by molar-refractivity contribution is 0.276. The summed E-state index contributed by atoms with van der Waals surface area (Å²) < 4.78 is 13.4. The molecule has 0 amide bonds. The second kappa shape index (κ2) is 4.19. The van der Waals surface area contributed by atoms with Crippen molar-refractivity contribution in [3.05, 3.63) is 54.1 Å². The van der Waals surface area contributed by atoms with E-state index in [0.29, 0.717) is 5.56 Å². The predicted octanol–water partition coefficient (Wildman–Crippen LogP) is 2.38. The van der Waals surface area contributed by atoms with Crippen molar-refractivity contribution in [2.24, 2.45) is 0 Å². The Morgan fingerprint density at radius 1 is 1.07 bits per heavy atom. The molecule has 1 aromatic heterocycles. The number of halogens is 1. The molecule has 0 aliphatic heterocycles. The first-order chi connectivity index (χ1) is 7.31. The number of rotatable bonds is 2. The number of aliphatic hydroxyl groups excluding tert-OH is 1. The van der Waals surface area contributed by atoms with Gasteiger partial charge in [-0.1, -0.05) is 12.1 Å². The first kappa shape index (κ1) is 9.80. The number of pyridine rings is 1. The zero-order valence-electron chi connectivity index (χ0n) is 8.02. The lowest BCUT2D eigenvalue weighted by Crippen LogP contribution is -1.90. The molecule has 1 heterocycles. The SMILES string of the molecule is OCc1ccc(-c2ccncc2)cc1F. The largest absolute Gasteiger partial charge is 0.392 e. The smallest absolute Gasteiger partial charge is 0.129 e. The first-order valence-corrected chi connectivity index (χ1v) is 4.61. The summed E-state index contributed by atoms with van der Waals surface area (Å²) in [6.45, 7) is -0.275. The van der Waals surface area contributed by atoms with E-state index >= 15 is 0 Å². The van der Waals surface area contributed by atoms with Gasteiger partial charge in [-0.15, -0.1) is 0 Å². The third-order valence-electron chi connectivity index (χ3n) is 2.24. The maximum Gasteiger partial charge on any atom is 0.129 e. The topological polar surface area (TPSA) is 33.1 Å². The summed E-state index contributed by atoms with van der Waals surface area (Å²) in [6.07, 6.45) is 3.32. The second-order valence-corrected chi connectivity index (χ2v) is 3.20. The number of hydrogen-bond acceptors (Lipinski definition) is 2. The molecule has 76 valence electrons. The Hall–Kier alpha value is -1.74. The Kier molecular flexibility index (Phi) is 2.74. The number of hydrogen-bond donors (Lipinski definition) is 1. The highest BCUT2D eigenvalue weighted by Gasteiger charge is 2.03. The van der Waals surface area contributed by atoms with Gasteiger partial charge >= 0.3 is 0 Å². The van der Waals surface area contributed by atoms with Crippen molar-refractivity contribution in [3.8, 4) is 11.1 Å². The van der Waals surface area contributed by atoms with E-state index in [9.17, 15) is 4.39 Å². The zero-order chi connectivity index (χ0) is 10.7. The van der Waals surface area contributed by atoms with Crippen LogP contribution >= 0.6 is 0 Å². The lowest BCUT2D eigenvalue weighted by Gasteiger charge is -2.03. The molecule has 1 aromatic carbocycles. The van der Waals surface area contributed by atoms with Crippen molar-refractivity contribution in [3.63, 3.8) is 0 Å². The van der Waals surface area contributed by atoms with Gasteiger partial charge in [0.25, 0.3) is 0 Å². The standard InChI is InChI=1S/C12H10FNO/c13-12-7-10(1-2-11(12)8-15)9-3-5-14-6-4-9/h1-7,15H,8H2. The molecule has 3 heteroatoms. The van der Waals surface area contributed by atoms with Gasteiger partial charge in [0.2, 0.25) is 0 Å². The molecule has 0 radical (unpaired) electrons. The fourth-order valence-electron chi connectivity index (χ4n) is 1.40. The molecular weight excluding hydrogens is 193 g/mol. The first-order valence-electron chi connectivity index (χ1n) is 4.61. The maximum atomic E-state index is 13.4. The third-order valence-corrected chi connectivity index (χ3v) is 2.24. The average molecular weight is 203 g/mol. The minimum Gasteiger partial charge on any atom is -0.392 e. The highest BCUT2D eigenvalue weighted by molar-refractivity contribution is 5.63. The van der Waals surface area contributed by atoms with Gasteiger partial charge in [0.15, 0.2) is 0 Å². The van der Waals surface area contributed by atoms with E-state index in [1.165, 1.54) is 6.07 Å². The van der Waals surface area contributed by atoms with E-state index in [1.54, 1.807) is 24.5 Å². The van der Waals surface area contributed by atoms with Crippen LogP contribution in [0, 0.1) is 5.82 Å². The molecule has 2 aromatic rings. The highest BCUT2D eigenvalue weighted by Crippen LogP contribution is 2.21. The fourth-order valence-corrected chi connectivity index (χ4v) is 1.40. The monoisotopic (exact) mass is 203 g/mol. The van der Waals surface area contributed by atoms with E-state index in [0.717, 1.165) is 11.1 Å². The van der Waals surface area contributed by atoms with Crippen LogP contribution in [0.3, 0.4) is 0 Å². The van der Waals surface area contributed by atoms with Crippen LogP contribution in [0.15, 0.2) is 42.7 Å². The normalized spacial score (nSPS) is 10.3. The molecule has 15 heavy (non-hydrogen) atoms. The lowest BCUT2D eigenvalue weighted by atomic mass is 10.1. The molecular formula is C12H10FNO. The van der Waals surface area contributed by atoms with E-state index in [4.69, 9.17) is 5.11 Å². The number of aromatic nitrogens is 1. The van der Waals surface area contributed by atoms with Gasteiger partial charge < -0.3 is 5.11 Å². The van der Waals surface area contributed by atoms with Crippen LogP contribution in [0.25, 0.3) is 11.1 Å². The molecule has 0 unspecified atom stereocenters. The van der Waals surface area contributed by atoms with Crippen LogP contribution < -0.4 is 0 Å². The summed E-state index contributed by atoms with van der Waals surface area (Å²) in [7, 11) is 0. The van der Waals surface area contributed by atoms with Crippen LogP contribution in [0.1, 0.15) is 5.56 Å².